The van der Waals surface area contributed by atoms with Gasteiger partial charge in [-0.3, -0.25) is 0 Å². The van der Waals surface area contributed by atoms with Gasteiger partial charge in [0.2, 0.25) is 0 Å². The summed E-state index contributed by atoms with van der Waals surface area (Å²) in [6.45, 7) is 7.92. The number of hydrogen-bond donors (Lipinski definition) is 2. The molecule has 0 saturated carbocycles. The zero-order valence-electron chi connectivity index (χ0n) is 13.2. The highest BCUT2D eigenvalue weighted by Crippen LogP contribution is 2.18. The predicted molar refractivity (Wildman–Crippen MR) is 82.9 cm³/mol. The van der Waals surface area contributed by atoms with E-state index in [1.54, 1.807) is 4.31 Å². The fourth-order valence-electron chi connectivity index (χ4n) is 2.62. The highest BCUT2D eigenvalue weighted by atomic mass is 32.2. The van der Waals surface area contributed by atoms with Crippen molar-refractivity contribution < 1.29 is 8.42 Å². The van der Waals surface area contributed by atoms with Crippen LogP contribution in [0.3, 0.4) is 0 Å². The van der Waals surface area contributed by atoms with Crippen LogP contribution in [0.4, 0.5) is 0 Å². The van der Waals surface area contributed by atoms with E-state index in [0.29, 0.717) is 25.6 Å². The third kappa shape index (κ3) is 6.05. The van der Waals surface area contributed by atoms with Gasteiger partial charge >= 0.3 is 0 Å². The van der Waals surface area contributed by atoms with Crippen LogP contribution in [0, 0.1) is 5.92 Å². The Balaban J connectivity index is 2.42. The minimum absolute atomic E-state index is 0.0746. The first-order chi connectivity index (χ1) is 9.35. The lowest BCUT2D eigenvalue weighted by Gasteiger charge is -2.32. The van der Waals surface area contributed by atoms with Gasteiger partial charge in [-0.05, 0) is 52.9 Å². The van der Waals surface area contributed by atoms with E-state index in [2.05, 4.69) is 17.0 Å². The normalized spacial score (nSPS) is 20.4. The van der Waals surface area contributed by atoms with Crippen molar-refractivity contribution in [3.8, 4) is 0 Å². The van der Waals surface area contributed by atoms with E-state index in [1.165, 1.54) is 0 Å². The summed E-state index contributed by atoms with van der Waals surface area (Å²) in [5.41, 5.74) is 0. The van der Waals surface area contributed by atoms with E-state index < -0.39 is 10.2 Å². The number of hydrogen-bond acceptors (Lipinski definition) is 4. The largest absolute Gasteiger partial charge is 0.317 e. The zero-order chi connectivity index (χ0) is 15.2. The van der Waals surface area contributed by atoms with Crippen molar-refractivity contribution in [3.05, 3.63) is 0 Å². The molecule has 0 bridgehead atoms. The van der Waals surface area contributed by atoms with Crippen LogP contribution in [0.15, 0.2) is 0 Å². The van der Waals surface area contributed by atoms with Gasteiger partial charge in [0, 0.05) is 25.7 Å². The average molecular weight is 306 g/mol. The van der Waals surface area contributed by atoms with Crippen LogP contribution >= 0.6 is 0 Å². The molecule has 2 N–H and O–H groups in total. The summed E-state index contributed by atoms with van der Waals surface area (Å²) in [7, 11) is 0.547. The minimum Gasteiger partial charge on any atom is -0.317 e. The Morgan fingerprint density at radius 3 is 2.40 bits per heavy atom. The Hall–Kier alpha value is -0.210. The maximum absolute atomic E-state index is 12.3. The van der Waals surface area contributed by atoms with E-state index in [1.807, 2.05) is 25.9 Å². The summed E-state index contributed by atoms with van der Waals surface area (Å²) in [5, 5.41) is 3.34. The summed E-state index contributed by atoms with van der Waals surface area (Å²) in [6.07, 6.45) is 1.88. The molecule has 0 aromatic heterocycles. The van der Waals surface area contributed by atoms with Crippen LogP contribution in [0.5, 0.6) is 0 Å². The number of nitrogens with zero attached hydrogens (tertiary/aromatic N) is 2. The Bertz CT molecular complexity index is 365. The molecule has 0 spiro atoms. The first kappa shape index (κ1) is 17.8. The van der Waals surface area contributed by atoms with Gasteiger partial charge in [0.1, 0.15) is 0 Å². The summed E-state index contributed by atoms with van der Waals surface area (Å²) < 4.78 is 28.9. The monoisotopic (exact) mass is 306 g/mol. The molecule has 1 fully saturated rings. The van der Waals surface area contributed by atoms with Gasteiger partial charge in [0.15, 0.2) is 0 Å². The molecule has 0 aromatic carbocycles. The number of piperidine rings is 1. The Labute approximate surface area is 124 Å². The smallest absolute Gasteiger partial charge is 0.279 e. The summed E-state index contributed by atoms with van der Waals surface area (Å²) in [4.78, 5) is 1.98. The third-order valence-electron chi connectivity index (χ3n) is 3.59. The summed E-state index contributed by atoms with van der Waals surface area (Å²) in [5.74, 6) is 0.598. The number of rotatable bonds is 8. The molecular weight excluding hydrogens is 276 g/mol. The molecule has 0 radical (unpaired) electrons. The maximum Gasteiger partial charge on any atom is 0.279 e. The first-order valence-electron chi connectivity index (χ1n) is 7.48. The van der Waals surface area contributed by atoms with Gasteiger partial charge in [0.05, 0.1) is 0 Å². The van der Waals surface area contributed by atoms with Crippen molar-refractivity contribution in [2.24, 2.45) is 5.92 Å². The van der Waals surface area contributed by atoms with Crippen LogP contribution in [-0.2, 0) is 10.2 Å². The molecule has 20 heavy (non-hydrogen) atoms. The van der Waals surface area contributed by atoms with Crippen molar-refractivity contribution in [2.75, 3.05) is 46.8 Å². The second-order valence-electron chi connectivity index (χ2n) is 5.94. The van der Waals surface area contributed by atoms with Crippen molar-refractivity contribution in [1.82, 2.24) is 19.2 Å². The second kappa shape index (κ2) is 8.29. The van der Waals surface area contributed by atoms with E-state index in [-0.39, 0.29) is 6.04 Å². The van der Waals surface area contributed by atoms with E-state index in [9.17, 15) is 8.42 Å². The molecule has 1 atom stereocenters. The van der Waals surface area contributed by atoms with E-state index >= 15 is 0 Å². The van der Waals surface area contributed by atoms with Crippen molar-refractivity contribution in [3.63, 3.8) is 0 Å². The van der Waals surface area contributed by atoms with Crippen molar-refractivity contribution >= 4 is 10.2 Å². The molecule has 0 aromatic rings. The number of likely N-dealkylation sites (N-methyl/N-ethyl adjacent to an activating group) is 1. The molecule has 6 nitrogen and oxygen atoms in total. The van der Waals surface area contributed by atoms with Gasteiger partial charge < -0.3 is 10.2 Å². The van der Waals surface area contributed by atoms with Gasteiger partial charge in [0.25, 0.3) is 10.2 Å². The lowest BCUT2D eigenvalue weighted by atomic mass is 9.98. The fraction of sp³-hybridized carbons (Fsp3) is 1.00. The van der Waals surface area contributed by atoms with Crippen LogP contribution in [0.1, 0.15) is 26.7 Å². The van der Waals surface area contributed by atoms with E-state index in [4.69, 9.17) is 0 Å². The average Bonchev–Trinajstić information content (AvgIpc) is 2.35. The molecule has 0 amide bonds. The van der Waals surface area contributed by atoms with Gasteiger partial charge in [-0.15, -0.1) is 0 Å². The Morgan fingerprint density at radius 1 is 1.30 bits per heavy atom. The minimum atomic E-state index is -3.34. The van der Waals surface area contributed by atoms with Gasteiger partial charge in [-0.1, -0.05) is 6.92 Å². The third-order valence-corrected chi connectivity index (χ3v) is 5.33. The second-order valence-corrected chi connectivity index (χ2v) is 7.64. The SMILES string of the molecule is CCNCC1CCN(S(=O)(=O)NC(C)CN(C)C)CC1. The fourth-order valence-corrected chi connectivity index (χ4v) is 4.04. The molecular formula is C13H30N4O2S. The van der Waals surface area contributed by atoms with Gasteiger partial charge in [-0.2, -0.15) is 17.4 Å². The molecule has 1 rings (SSSR count). The number of nitrogens with one attached hydrogen (secondary N) is 2. The van der Waals surface area contributed by atoms with Crippen LogP contribution in [0.2, 0.25) is 0 Å². The topological polar surface area (TPSA) is 64.7 Å². The van der Waals surface area contributed by atoms with Gasteiger partial charge in [-0.25, -0.2) is 0 Å². The van der Waals surface area contributed by atoms with Crippen LogP contribution in [-0.4, -0.2) is 70.5 Å². The zero-order valence-corrected chi connectivity index (χ0v) is 14.0. The highest BCUT2D eigenvalue weighted by molar-refractivity contribution is 7.87. The molecule has 1 saturated heterocycles. The first-order valence-corrected chi connectivity index (χ1v) is 8.92. The Kier molecular flexibility index (Phi) is 7.39. The molecule has 120 valence electrons. The summed E-state index contributed by atoms with van der Waals surface area (Å²) in [6, 6.07) is -0.0746. The molecule has 1 unspecified atom stereocenters. The Morgan fingerprint density at radius 2 is 1.90 bits per heavy atom. The highest BCUT2D eigenvalue weighted by Gasteiger charge is 2.28. The summed E-state index contributed by atoms with van der Waals surface area (Å²) >= 11 is 0. The van der Waals surface area contributed by atoms with Crippen molar-refractivity contribution in [2.45, 2.75) is 32.7 Å². The molecule has 0 aliphatic carbocycles. The lowest BCUT2D eigenvalue weighted by molar-refractivity contribution is 0.263. The molecule has 1 heterocycles. The molecule has 1 aliphatic rings. The van der Waals surface area contributed by atoms with Crippen molar-refractivity contribution in [1.29, 1.82) is 0 Å². The predicted octanol–water partition coefficient (Wildman–Crippen LogP) is 0.0924. The lowest BCUT2D eigenvalue weighted by Crippen LogP contribution is -2.50. The molecule has 1 aliphatic heterocycles. The van der Waals surface area contributed by atoms with Crippen LogP contribution in [0.25, 0.3) is 0 Å². The standard InChI is InChI=1S/C13H30N4O2S/c1-5-14-10-13-6-8-17(9-7-13)20(18,19)15-12(2)11-16(3)4/h12-15H,5-11H2,1-4H3. The molecule has 7 heteroatoms. The van der Waals surface area contributed by atoms with Crippen LogP contribution < -0.4 is 10.0 Å². The van der Waals surface area contributed by atoms with E-state index in [0.717, 1.165) is 25.9 Å². The quantitative estimate of drug-likeness (QED) is 0.667. The maximum atomic E-state index is 12.3.